The first kappa shape index (κ1) is 21.7. The highest BCUT2D eigenvalue weighted by molar-refractivity contribution is 6.05. The van der Waals surface area contributed by atoms with Gasteiger partial charge in [0.1, 0.15) is 0 Å². The van der Waals surface area contributed by atoms with Crippen LogP contribution in [0.4, 0.5) is 0 Å². The van der Waals surface area contributed by atoms with Crippen molar-refractivity contribution < 1.29 is 19.1 Å². The largest absolute Gasteiger partial charge is 0.493 e. The fourth-order valence-corrected chi connectivity index (χ4v) is 3.44. The average Bonchev–Trinajstić information content (AvgIpc) is 2.96. The summed E-state index contributed by atoms with van der Waals surface area (Å²) in [5.74, 6) is 1.31. The predicted molar refractivity (Wildman–Crippen MR) is 110 cm³/mol. The van der Waals surface area contributed by atoms with Crippen LogP contribution in [0.5, 0.6) is 11.5 Å². The van der Waals surface area contributed by atoms with Crippen LogP contribution in [0.25, 0.3) is 0 Å². The van der Waals surface area contributed by atoms with E-state index in [-0.39, 0.29) is 17.6 Å². The van der Waals surface area contributed by atoms with Gasteiger partial charge in [0.25, 0.3) is 0 Å². The highest BCUT2D eigenvalue weighted by Gasteiger charge is 2.26. The summed E-state index contributed by atoms with van der Waals surface area (Å²) < 4.78 is 11.0. The number of nitrogens with one attached hydrogen (secondary N) is 1. The van der Waals surface area contributed by atoms with Crippen molar-refractivity contribution in [3.8, 4) is 11.5 Å². The number of benzene rings is 1. The Morgan fingerprint density at radius 1 is 1.21 bits per heavy atom. The van der Waals surface area contributed by atoms with E-state index < -0.39 is 0 Å². The molecule has 0 fully saturated rings. The van der Waals surface area contributed by atoms with E-state index in [9.17, 15) is 9.59 Å². The molecule has 0 aliphatic heterocycles. The fourth-order valence-electron chi connectivity index (χ4n) is 3.44. The van der Waals surface area contributed by atoms with E-state index in [0.717, 1.165) is 16.8 Å². The minimum absolute atomic E-state index is 0.0338. The van der Waals surface area contributed by atoms with Gasteiger partial charge in [-0.15, -0.1) is 0 Å². The maximum atomic E-state index is 13.0. The van der Waals surface area contributed by atoms with Gasteiger partial charge in [-0.3, -0.25) is 14.5 Å². The Morgan fingerprint density at radius 2 is 1.89 bits per heavy atom. The minimum atomic E-state index is -0.353. The number of Topliss-reactive ketones (excluding diaryl/α,β-unsaturated/α-hetero) is 2. The highest BCUT2D eigenvalue weighted by atomic mass is 16.5. The summed E-state index contributed by atoms with van der Waals surface area (Å²) in [6.45, 7) is 10.1. The number of hydrogen-bond donors (Lipinski definition) is 1. The molecule has 0 saturated carbocycles. The zero-order valence-corrected chi connectivity index (χ0v) is 17.8. The highest BCUT2D eigenvalue weighted by Crippen LogP contribution is 2.29. The molecule has 0 bridgehead atoms. The molecule has 0 unspecified atom stereocenters. The molecule has 2 rings (SSSR count). The fraction of sp³-hybridized carbons (Fsp3) is 0.455. The topological polar surface area (TPSA) is 71.6 Å². The lowest BCUT2D eigenvalue weighted by Gasteiger charge is -2.24. The molecular weight excluding hydrogens is 356 g/mol. The number of carbonyl (C=O) groups excluding carboxylic acids is 2. The number of likely N-dealkylation sites (N-methyl/N-ethyl adjacent to an activating group) is 1. The van der Waals surface area contributed by atoms with Crippen molar-refractivity contribution in [2.24, 2.45) is 0 Å². The Labute approximate surface area is 166 Å². The normalized spacial score (nSPS) is 12.1. The standard InChI is InChI=1S/C22H30N2O4/c1-8-28-18-10-9-17(11-19(18)27-7)12-24(6)15(4)22(26)21-13(2)20(16(5)25)14(3)23-21/h9-11,15,23H,8,12H2,1-7H3/t15-/m0/s1. The second-order valence-electron chi connectivity index (χ2n) is 7.05. The number of hydrogen-bond acceptors (Lipinski definition) is 5. The van der Waals surface area contributed by atoms with Crippen molar-refractivity contribution >= 4 is 11.6 Å². The summed E-state index contributed by atoms with van der Waals surface area (Å²) in [5.41, 5.74) is 3.59. The molecule has 2 aromatic rings. The molecule has 0 aliphatic carbocycles. The number of ether oxygens (including phenoxy) is 2. The number of ketones is 2. The Hall–Kier alpha value is -2.60. The van der Waals surface area contributed by atoms with E-state index in [1.165, 1.54) is 6.92 Å². The van der Waals surface area contributed by atoms with Crippen molar-refractivity contribution in [3.05, 3.63) is 46.3 Å². The minimum Gasteiger partial charge on any atom is -0.493 e. The molecule has 6 heteroatoms. The second kappa shape index (κ2) is 9.06. The Kier molecular flexibility index (Phi) is 7.02. The lowest BCUT2D eigenvalue weighted by Crippen LogP contribution is -2.36. The van der Waals surface area contributed by atoms with Crippen LogP contribution < -0.4 is 9.47 Å². The zero-order chi connectivity index (χ0) is 21.0. The van der Waals surface area contributed by atoms with E-state index in [1.54, 1.807) is 7.11 Å². The number of aryl methyl sites for hydroxylation is 1. The second-order valence-corrected chi connectivity index (χ2v) is 7.05. The van der Waals surface area contributed by atoms with Crippen LogP contribution in [0.15, 0.2) is 18.2 Å². The van der Waals surface area contributed by atoms with Crippen LogP contribution in [0, 0.1) is 13.8 Å². The van der Waals surface area contributed by atoms with Crippen molar-refractivity contribution in [3.63, 3.8) is 0 Å². The number of nitrogens with zero attached hydrogens (tertiary/aromatic N) is 1. The van der Waals surface area contributed by atoms with Crippen molar-refractivity contribution in [1.82, 2.24) is 9.88 Å². The molecule has 1 heterocycles. The number of aromatic nitrogens is 1. The van der Waals surface area contributed by atoms with E-state index >= 15 is 0 Å². The molecule has 0 amide bonds. The van der Waals surface area contributed by atoms with Gasteiger partial charge in [0.2, 0.25) is 0 Å². The first-order chi connectivity index (χ1) is 13.2. The third kappa shape index (κ3) is 4.44. The first-order valence-corrected chi connectivity index (χ1v) is 9.45. The number of carbonyl (C=O) groups is 2. The summed E-state index contributed by atoms with van der Waals surface area (Å²) in [7, 11) is 3.52. The van der Waals surface area contributed by atoms with E-state index in [4.69, 9.17) is 9.47 Å². The Morgan fingerprint density at radius 3 is 2.43 bits per heavy atom. The van der Waals surface area contributed by atoms with Crippen LogP contribution in [0.1, 0.15) is 58.4 Å². The van der Waals surface area contributed by atoms with Gasteiger partial charge in [-0.25, -0.2) is 0 Å². The maximum Gasteiger partial charge on any atom is 0.196 e. The molecule has 0 radical (unpaired) electrons. The third-order valence-electron chi connectivity index (χ3n) is 5.04. The molecule has 0 spiro atoms. The van der Waals surface area contributed by atoms with Crippen molar-refractivity contribution in [2.75, 3.05) is 20.8 Å². The molecule has 0 saturated heterocycles. The monoisotopic (exact) mass is 386 g/mol. The van der Waals surface area contributed by atoms with E-state index in [2.05, 4.69) is 4.98 Å². The lowest BCUT2D eigenvalue weighted by molar-refractivity contribution is 0.0856. The van der Waals surface area contributed by atoms with Gasteiger partial charge in [-0.2, -0.15) is 0 Å². The van der Waals surface area contributed by atoms with Crippen molar-refractivity contribution in [2.45, 2.75) is 47.2 Å². The summed E-state index contributed by atoms with van der Waals surface area (Å²) in [6, 6.07) is 5.43. The van der Waals surface area contributed by atoms with Gasteiger partial charge in [-0.05, 0) is 64.9 Å². The molecule has 28 heavy (non-hydrogen) atoms. The smallest absolute Gasteiger partial charge is 0.196 e. The van der Waals surface area contributed by atoms with Gasteiger partial charge in [0, 0.05) is 17.8 Å². The van der Waals surface area contributed by atoms with Gasteiger partial charge in [0.15, 0.2) is 23.1 Å². The summed E-state index contributed by atoms with van der Waals surface area (Å²) >= 11 is 0. The molecule has 1 aromatic carbocycles. The molecule has 1 atom stereocenters. The van der Waals surface area contributed by atoms with Crippen LogP contribution in [0.2, 0.25) is 0 Å². The van der Waals surface area contributed by atoms with Crippen LogP contribution in [0.3, 0.4) is 0 Å². The van der Waals surface area contributed by atoms with Gasteiger partial charge >= 0.3 is 0 Å². The SMILES string of the molecule is CCOc1ccc(CN(C)[C@@H](C)C(=O)c2[nH]c(C)c(C(C)=O)c2C)cc1OC. The average molecular weight is 386 g/mol. The number of H-pyrrole nitrogens is 1. The van der Waals surface area contributed by atoms with Crippen LogP contribution >= 0.6 is 0 Å². The van der Waals surface area contributed by atoms with E-state index in [1.807, 2.05) is 57.8 Å². The Bertz CT molecular complexity index is 870. The van der Waals surface area contributed by atoms with E-state index in [0.29, 0.717) is 35.9 Å². The van der Waals surface area contributed by atoms with Crippen LogP contribution in [-0.2, 0) is 6.54 Å². The number of aromatic amines is 1. The summed E-state index contributed by atoms with van der Waals surface area (Å²) in [5, 5.41) is 0. The quantitative estimate of drug-likeness (QED) is 0.661. The first-order valence-electron chi connectivity index (χ1n) is 9.45. The van der Waals surface area contributed by atoms with Gasteiger partial charge in [-0.1, -0.05) is 6.07 Å². The molecule has 0 aliphatic rings. The number of rotatable bonds is 9. The summed E-state index contributed by atoms with van der Waals surface area (Å²) in [6.07, 6.45) is 0. The third-order valence-corrected chi connectivity index (χ3v) is 5.04. The van der Waals surface area contributed by atoms with Gasteiger partial charge in [0.05, 0.1) is 25.5 Å². The maximum absolute atomic E-state index is 13.0. The molecule has 1 aromatic heterocycles. The Balaban J connectivity index is 2.19. The van der Waals surface area contributed by atoms with Gasteiger partial charge < -0.3 is 14.5 Å². The predicted octanol–water partition coefficient (Wildman–Crippen LogP) is 3.94. The molecule has 1 N–H and O–H groups in total. The molecule has 152 valence electrons. The molecule has 6 nitrogen and oxygen atoms in total. The molecular formula is C22H30N2O4. The lowest BCUT2D eigenvalue weighted by atomic mass is 10.0. The zero-order valence-electron chi connectivity index (χ0n) is 17.8. The number of methoxy groups -OCH3 is 1. The van der Waals surface area contributed by atoms with Crippen molar-refractivity contribution in [1.29, 1.82) is 0 Å². The summed E-state index contributed by atoms with van der Waals surface area (Å²) in [4.78, 5) is 29.9. The van der Waals surface area contributed by atoms with Crippen LogP contribution in [-0.4, -0.2) is 48.3 Å².